The van der Waals surface area contributed by atoms with Gasteiger partial charge in [0.15, 0.2) is 0 Å². The lowest BCUT2D eigenvalue weighted by molar-refractivity contribution is 0.596. The molecule has 15 heavy (non-hydrogen) atoms. The van der Waals surface area contributed by atoms with Gasteiger partial charge in [-0.25, -0.2) is 0 Å². The van der Waals surface area contributed by atoms with Gasteiger partial charge in [-0.2, -0.15) is 0 Å². The molecule has 0 fully saturated rings. The average Bonchev–Trinajstić information content (AvgIpc) is 2.11. The third-order valence-corrected chi connectivity index (χ3v) is 1.92. The van der Waals surface area contributed by atoms with Crippen LogP contribution in [0.2, 0.25) is 0 Å². The highest BCUT2D eigenvalue weighted by Crippen LogP contribution is 1.96. The van der Waals surface area contributed by atoms with Crippen LogP contribution >= 0.6 is 0 Å². The summed E-state index contributed by atoms with van der Waals surface area (Å²) < 4.78 is 0. The number of nitrogens with one attached hydrogen (secondary N) is 1. The van der Waals surface area contributed by atoms with E-state index in [4.69, 9.17) is 0 Å². The molecule has 0 spiro atoms. The van der Waals surface area contributed by atoms with Crippen LogP contribution in [0.15, 0.2) is 16.8 Å². The first kappa shape index (κ1) is 14.2. The molecule has 2 heteroatoms. The Bertz CT molecular complexity index is 225. The molecule has 88 valence electrons. The van der Waals surface area contributed by atoms with E-state index in [1.807, 2.05) is 0 Å². The normalized spacial score (nSPS) is 13.9. The van der Waals surface area contributed by atoms with E-state index in [9.17, 15) is 0 Å². The summed E-state index contributed by atoms with van der Waals surface area (Å²) >= 11 is 0. The highest BCUT2D eigenvalue weighted by Gasteiger charge is 1.95. The maximum absolute atomic E-state index is 4.49. The number of nitrogens with zero attached hydrogens (tertiary/aromatic N) is 1. The van der Waals surface area contributed by atoms with Crippen molar-refractivity contribution in [1.82, 2.24) is 5.32 Å². The minimum absolute atomic E-state index is 0.636. The zero-order valence-electron chi connectivity index (χ0n) is 11.1. The van der Waals surface area contributed by atoms with E-state index < -0.39 is 0 Å². The predicted molar refractivity (Wildman–Crippen MR) is 69.4 cm³/mol. The maximum Gasteiger partial charge on any atom is 0.0415 e. The zero-order valence-corrected chi connectivity index (χ0v) is 11.1. The van der Waals surface area contributed by atoms with E-state index in [1.165, 1.54) is 5.70 Å². The highest BCUT2D eigenvalue weighted by atomic mass is 14.9. The molecule has 0 amide bonds. The minimum Gasteiger partial charge on any atom is -0.388 e. The summed E-state index contributed by atoms with van der Waals surface area (Å²) in [5, 5.41) is 3.38. The molecule has 0 radical (unpaired) electrons. The first-order chi connectivity index (χ1) is 6.91. The first-order valence-corrected chi connectivity index (χ1v) is 5.85. The molecule has 0 unspecified atom stereocenters. The lowest BCUT2D eigenvalue weighted by Gasteiger charge is -2.09. The Kier molecular flexibility index (Phi) is 7.10. The van der Waals surface area contributed by atoms with Crippen LogP contribution in [-0.4, -0.2) is 18.8 Å². The molecule has 0 bridgehead atoms. The van der Waals surface area contributed by atoms with Crippen LogP contribution in [0.25, 0.3) is 0 Å². The number of hydrogen-bond donors (Lipinski definition) is 1. The van der Waals surface area contributed by atoms with Gasteiger partial charge in [-0.05, 0) is 31.8 Å². The van der Waals surface area contributed by atoms with Crippen LogP contribution in [0.1, 0.15) is 41.5 Å². The summed E-state index contributed by atoms with van der Waals surface area (Å²) in [5.74, 6) is 1.32. The first-order valence-electron chi connectivity index (χ1n) is 5.85. The van der Waals surface area contributed by atoms with Gasteiger partial charge in [0.25, 0.3) is 0 Å². The van der Waals surface area contributed by atoms with Gasteiger partial charge in [-0.1, -0.05) is 27.7 Å². The average molecular weight is 210 g/mol. The fourth-order valence-electron chi connectivity index (χ4n) is 1.10. The molecule has 0 atom stereocenters. The van der Waals surface area contributed by atoms with Crippen molar-refractivity contribution < 1.29 is 0 Å². The fraction of sp³-hybridized carbons (Fsp3) is 0.769. The van der Waals surface area contributed by atoms with Crippen molar-refractivity contribution in [3.63, 3.8) is 0 Å². The van der Waals surface area contributed by atoms with Crippen molar-refractivity contribution in [1.29, 1.82) is 0 Å². The summed E-state index contributed by atoms with van der Waals surface area (Å²) in [6.45, 7) is 14.9. The van der Waals surface area contributed by atoms with Gasteiger partial charge in [0.05, 0.1) is 0 Å². The zero-order chi connectivity index (χ0) is 11.8. The predicted octanol–water partition coefficient (Wildman–Crippen LogP) is 3.25. The molecule has 2 nitrogen and oxygen atoms in total. The summed E-state index contributed by atoms with van der Waals surface area (Å²) in [5.41, 5.74) is 2.31. The van der Waals surface area contributed by atoms with E-state index >= 15 is 0 Å². The molecule has 0 aromatic rings. The van der Waals surface area contributed by atoms with Crippen molar-refractivity contribution in [2.75, 3.05) is 13.1 Å². The molecule has 0 heterocycles. The Balaban J connectivity index is 4.04. The summed E-state index contributed by atoms with van der Waals surface area (Å²) in [6, 6.07) is 0. The summed E-state index contributed by atoms with van der Waals surface area (Å²) in [7, 11) is 0. The van der Waals surface area contributed by atoms with Crippen LogP contribution in [-0.2, 0) is 0 Å². The highest BCUT2D eigenvalue weighted by molar-refractivity contribution is 5.93. The minimum atomic E-state index is 0.636. The third kappa shape index (κ3) is 9.51. The van der Waals surface area contributed by atoms with E-state index in [1.54, 1.807) is 0 Å². The van der Waals surface area contributed by atoms with E-state index in [0.717, 1.165) is 18.8 Å². The van der Waals surface area contributed by atoms with Crippen LogP contribution < -0.4 is 5.32 Å². The summed E-state index contributed by atoms with van der Waals surface area (Å²) in [6.07, 6.45) is 2.12. The quantitative estimate of drug-likeness (QED) is 0.669. The van der Waals surface area contributed by atoms with Crippen molar-refractivity contribution in [3.8, 4) is 0 Å². The molecule has 0 saturated heterocycles. The van der Waals surface area contributed by atoms with Crippen LogP contribution in [0, 0.1) is 11.8 Å². The van der Waals surface area contributed by atoms with Gasteiger partial charge in [-0.15, -0.1) is 0 Å². The van der Waals surface area contributed by atoms with Crippen LogP contribution in [0.5, 0.6) is 0 Å². The molecule has 0 aliphatic heterocycles. The van der Waals surface area contributed by atoms with Gasteiger partial charge >= 0.3 is 0 Å². The Morgan fingerprint density at radius 3 is 2.20 bits per heavy atom. The van der Waals surface area contributed by atoms with Crippen molar-refractivity contribution in [3.05, 3.63) is 11.8 Å². The smallest absolute Gasteiger partial charge is 0.0415 e. The van der Waals surface area contributed by atoms with Crippen molar-refractivity contribution in [2.24, 2.45) is 16.8 Å². The molecule has 1 N–H and O–H groups in total. The van der Waals surface area contributed by atoms with E-state index in [0.29, 0.717) is 11.8 Å². The monoisotopic (exact) mass is 210 g/mol. The molecule has 0 aliphatic rings. The molecule has 0 saturated carbocycles. The standard InChI is InChI=1S/C13H26N2/c1-10(2)8-14-12(5)7-13(6)15-9-11(3)4/h7,10-11,14H,8-9H2,1-6H3/b12-7-,15-13-. The van der Waals surface area contributed by atoms with Gasteiger partial charge in [-0.3, -0.25) is 4.99 Å². The number of aliphatic imine (C=N–C) groups is 1. The number of rotatable bonds is 6. The second kappa shape index (κ2) is 7.49. The molecule has 0 aromatic carbocycles. The van der Waals surface area contributed by atoms with Gasteiger partial charge in [0, 0.05) is 24.5 Å². The molecule has 0 aromatic heterocycles. The molecular formula is C13H26N2. The SMILES string of the molecule is C/C(=C/C(C)=N\CC(C)C)NCC(C)C. The van der Waals surface area contributed by atoms with Crippen LogP contribution in [0.3, 0.4) is 0 Å². The second-order valence-electron chi connectivity index (χ2n) is 4.98. The van der Waals surface area contributed by atoms with Crippen molar-refractivity contribution in [2.45, 2.75) is 41.5 Å². The Morgan fingerprint density at radius 1 is 1.13 bits per heavy atom. The van der Waals surface area contributed by atoms with Crippen LogP contribution in [0.4, 0.5) is 0 Å². The van der Waals surface area contributed by atoms with Gasteiger partial charge in [0.2, 0.25) is 0 Å². The Labute approximate surface area is 94.9 Å². The Hall–Kier alpha value is -0.790. The lowest BCUT2D eigenvalue weighted by atomic mass is 10.2. The molecular weight excluding hydrogens is 184 g/mol. The van der Waals surface area contributed by atoms with Gasteiger partial charge in [0.1, 0.15) is 0 Å². The summed E-state index contributed by atoms with van der Waals surface area (Å²) in [4.78, 5) is 4.49. The van der Waals surface area contributed by atoms with E-state index in [-0.39, 0.29) is 0 Å². The second-order valence-corrected chi connectivity index (χ2v) is 4.98. The van der Waals surface area contributed by atoms with Gasteiger partial charge < -0.3 is 5.32 Å². The number of allylic oxidation sites excluding steroid dienone is 2. The molecule has 0 aliphatic carbocycles. The van der Waals surface area contributed by atoms with Crippen molar-refractivity contribution >= 4 is 5.71 Å². The van der Waals surface area contributed by atoms with E-state index in [2.05, 4.69) is 57.9 Å². The third-order valence-electron chi connectivity index (χ3n) is 1.92. The molecule has 0 rings (SSSR count). The largest absolute Gasteiger partial charge is 0.388 e. The topological polar surface area (TPSA) is 24.4 Å². The number of hydrogen-bond acceptors (Lipinski definition) is 2. The maximum atomic E-state index is 4.49. The Morgan fingerprint density at radius 2 is 1.73 bits per heavy atom. The lowest BCUT2D eigenvalue weighted by Crippen LogP contribution is -2.18. The fourth-order valence-corrected chi connectivity index (χ4v) is 1.10.